The van der Waals surface area contributed by atoms with Gasteiger partial charge in [0.25, 0.3) is 0 Å². The molecular formula is C20H38O3. The molecule has 23 heavy (non-hydrogen) atoms. The average molecular weight is 327 g/mol. The Labute approximate surface area is 143 Å². The van der Waals surface area contributed by atoms with Gasteiger partial charge in [-0.05, 0) is 42.9 Å². The molecule has 10 atom stereocenters. The Morgan fingerprint density at radius 3 is 2.13 bits per heavy atom. The maximum Gasteiger partial charge on any atom is 0.160 e. The van der Waals surface area contributed by atoms with Crippen LogP contribution in [-0.2, 0) is 14.2 Å². The molecule has 0 aromatic heterocycles. The Bertz CT molecular complexity index is 372. The minimum Gasteiger partial charge on any atom is -0.372 e. The van der Waals surface area contributed by atoms with Crippen molar-refractivity contribution in [2.45, 2.75) is 85.9 Å². The standard InChI is InChI=1S/C20H38O3/c1-9-17-11(2)10-18(13(4)12(17)3)23-19-14(5)15(6)20(21-8)22-16(19)7/h11-20H,9-10H2,1-8H3/t11?,12-,13?,14?,15?,16?,17+,18-,19+,20+/m1/s1. The highest BCUT2D eigenvalue weighted by Gasteiger charge is 2.44. The molecule has 0 aromatic carbocycles. The monoisotopic (exact) mass is 326 g/mol. The molecule has 1 aliphatic carbocycles. The number of ether oxygens (including phenoxy) is 3. The van der Waals surface area contributed by atoms with E-state index in [1.54, 1.807) is 7.11 Å². The first-order chi connectivity index (χ1) is 10.8. The van der Waals surface area contributed by atoms with Crippen molar-refractivity contribution in [1.29, 1.82) is 0 Å². The fourth-order valence-electron chi connectivity index (χ4n) is 5.05. The largest absolute Gasteiger partial charge is 0.372 e. The van der Waals surface area contributed by atoms with E-state index in [1.807, 2.05) is 0 Å². The summed E-state index contributed by atoms with van der Waals surface area (Å²) < 4.78 is 18.2. The van der Waals surface area contributed by atoms with Crippen LogP contribution in [0.2, 0.25) is 0 Å². The lowest BCUT2D eigenvalue weighted by atomic mass is 9.66. The third-order valence-electron chi connectivity index (χ3n) is 7.05. The molecule has 2 rings (SSSR count). The molecule has 0 N–H and O–H groups in total. The van der Waals surface area contributed by atoms with Gasteiger partial charge >= 0.3 is 0 Å². The van der Waals surface area contributed by atoms with Crippen LogP contribution in [0.15, 0.2) is 0 Å². The summed E-state index contributed by atoms with van der Waals surface area (Å²) >= 11 is 0. The molecule has 2 aliphatic rings. The molecule has 0 amide bonds. The fraction of sp³-hybridized carbons (Fsp3) is 1.00. The first-order valence-corrected chi connectivity index (χ1v) is 9.65. The van der Waals surface area contributed by atoms with Gasteiger partial charge in [0, 0.05) is 13.0 Å². The summed E-state index contributed by atoms with van der Waals surface area (Å²) in [5.41, 5.74) is 0. The van der Waals surface area contributed by atoms with Gasteiger partial charge in [0.2, 0.25) is 0 Å². The molecule has 1 saturated carbocycles. The van der Waals surface area contributed by atoms with Crippen molar-refractivity contribution in [2.75, 3.05) is 7.11 Å². The quantitative estimate of drug-likeness (QED) is 0.746. The molecule has 5 unspecified atom stereocenters. The second kappa shape index (κ2) is 7.84. The molecular weight excluding hydrogens is 288 g/mol. The van der Waals surface area contributed by atoms with Crippen molar-refractivity contribution < 1.29 is 14.2 Å². The van der Waals surface area contributed by atoms with Crippen molar-refractivity contribution in [3.05, 3.63) is 0 Å². The molecule has 0 radical (unpaired) electrons. The number of methoxy groups -OCH3 is 1. The van der Waals surface area contributed by atoms with Gasteiger partial charge in [-0.2, -0.15) is 0 Å². The van der Waals surface area contributed by atoms with Gasteiger partial charge in [-0.1, -0.05) is 48.0 Å². The molecule has 0 aromatic rings. The first kappa shape index (κ1) is 19.2. The van der Waals surface area contributed by atoms with Crippen LogP contribution >= 0.6 is 0 Å². The first-order valence-electron chi connectivity index (χ1n) is 9.65. The van der Waals surface area contributed by atoms with Gasteiger partial charge < -0.3 is 14.2 Å². The predicted octanol–water partition coefficient (Wildman–Crippen LogP) is 4.74. The van der Waals surface area contributed by atoms with Crippen LogP contribution in [0.5, 0.6) is 0 Å². The van der Waals surface area contributed by atoms with Gasteiger partial charge in [0.15, 0.2) is 6.29 Å². The van der Waals surface area contributed by atoms with E-state index >= 15 is 0 Å². The van der Waals surface area contributed by atoms with Crippen LogP contribution in [0.1, 0.15) is 61.3 Å². The Hall–Kier alpha value is -0.120. The van der Waals surface area contributed by atoms with E-state index in [2.05, 4.69) is 48.5 Å². The van der Waals surface area contributed by atoms with E-state index in [9.17, 15) is 0 Å². The maximum atomic E-state index is 6.69. The highest BCUT2D eigenvalue weighted by atomic mass is 16.7. The Morgan fingerprint density at radius 2 is 1.57 bits per heavy atom. The minimum atomic E-state index is -0.106. The summed E-state index contributed by atoms with van der Waals surface area (Å²) in [6.45, 7) is 16.2. The predicted molar refractivity (Wildman–Crippen MR) is 94.2 cm³/mol. The molecule has 0 bridgehead atoms. The van der Waals surface area contributed by atoms with E-state index in [0.29, 0.717) is 23.9 Å². The Kier molecular flexibility index (Phi) is 6.55. The maximum absolute atomic E-state index is 6.69. The Balaban J connectivity index is 2.06. The van der Waals surface area contributed by atoms with E-state index < -0.39 is 0 Å². The smallest absolute Gasteiger partial charge is 0.160 e. The van der Waals surface area contributed by atoms with E-state index in [1.165, 1.54) is 12.8 Å². The van der Waals surface area contributed by atoms with Crippen LogP contribution in [0.25, 0.3) is 0 Å². The second-order valence-corrected chi connectivity index (χ2v) is 8.31. The van der Waals surface area contributed by atoms with Gasteiger partial charge in [-0.3, -0.25) is 0 Å². The summed E-state index contributed by atoms with van der Waals surface area (Å²) in [7, 11) is 1.74. The van der Waals surface area contributed by atoms with E-state index in [4.69, 9.17) is 14.2 Å². The van der Waals surface area contributed by atoms with Crippen LogP contribution in [0.4, 0.5) is 0 Å². The normalized spacial score (nSPS) is 51.7. The van der Waals surface area contributed by atoms with Crippen molar-refractivity contribution >= 4 is 0 Å². The average Bonchev–Trinajstić information content (AvgIpc) is 2.52. The zero-order chi connectivity index (χ0) is 17.3. The minimum absolute atomic E-state index is 0.0906. The van der Waals surface area contributed by atoms with Crippen LogP contribution in [-0.4, -0.2) is 31.7 Å². The van der Waals surface area contributed by atoms with Crippen molar-refractivity contribution in [3.8, 4) is 0 Å². The van der Waals surface area contributed by atoms with Crippen LogP contribution in [0.3, 0.4) is 0 Å². The van der Waals surface area contributed by atoms with E-state index in [-0.39, 0.29) is 18.5 Å². The molecule has 1 saturated heterocycles. The lowest BCUT2D eigenvalue weighted by Gasteiger charge is -2.48. The van der Waals surface area contributed by atoms with Crippen LogP contribution < -0.4 is 0 Å². The van der Waals surface area contributed by atoms with E-state index in [0.717, 1.165) is 17.8 Å². The summed E-state index contributed by atoms with van der Waals surface area (Å²) in [5.74, 6) is 3.73. The highest BCUT2D eigenvalue weighted by molar-refractivity contribution is 4.90. The SMILES string of the molecule is CC[C@H]1C(C)C[C@@H](O[C@@H]2C(C)O[C@H](OC)C(C)C2C)C(C)[C@H]1C. The van der Waals surface area contributed by atoms with Gasteiger partial charge in [0.1, 0.15) is 0 Å². The molecule has 3 nitrogen and oxygen atoms in total. The molecule has 3 heteroatoms. The van der Waals surface area contributed by atoms with Gasteiger partial charge in [-0.25, -0.2) is 0 Å². The molecule has 2 fully saturated rings. The number of hydrogen-bond donors (Lipinski definition) is 0. The molecule has 0 spiro atoms. The summed E-state index contributed by atoms with van der Waals surface area (Å²) in [5, 5.41) is 0. The number of rotatable bonds is 4. The number of hydrogen-bond acceptors (Lipinski definition) is 3. The fourth-order valence-corrected chi connectivity index (χ4v) is 5.05. The third-order valence-corrected chi connectivity index (χ3v) is 7.05. The third kappa shape index (κ3) is 3.77. The molecule has 1 aliphatic heterocycles. The summed E-state index contributed by atoms with van der Waals surface area (Å²) in [6.07, 6.45) is 2.97. The van der Waals surface area contributed by atoms with Gasteiger partial charge in [0.05, 0.1) is 18.3 Å². The zero-order valence-electron chi connectivity index (χ0n) is 16.4. The topological polar surface area (TPSA) is 27.7 Å². The lowest BCUT2D eigenvalue weighted by Crippen LogP contribution is -2.52. The lowest BCUT2D eigenvalue weighted by molar-refractivity contribution is -0.271. The Morgan fingerprint density at radius 1 is 0.913 bits per heavy atom. The summed E-state index contributed by atoms with van der Waals surface area (Å²) in [4.78, 5) is 0. The van der Waals surface area contributed by atoms with Crippen molar-refractivity contribution in [2.24, 2.45) is 35.5 Å². The van der Waals surface area contributed by atoms with Crippen molar-refractivity contribution in [3.63, 3.8) is 0 Å². The molecule has 1 heterocycles. The summed E-state index contributed by atoms with van der Waals surface area (Å²) in [6, 6.07) is 0. The molecule has 136 valence electrons. The van der Waals surface area contributed by atoms with Gasteiger partial charge in [-0.15, -0.1) is 0 Å². The van der Waals surface area contributed by atoms with Crippen LogP contribution in [0, 0.1) is 35.5 Å². The second-order valence-electron chi connectivity index (χ2n) is 8.31. The van der Waals surface area contributed by atoms with Crippen molar-refractivity contribution in [1.82, 2.24) is 0 Å². The highest BCUT2D eigenvalue weighted by Crippen LogP contribution is 2.43. The zero-order valence-corrected chi connectivity index (χ0v) is 16.4.